The van der Waals surface area contributed by atoms with Crippen LogP contribution >= 0.6 is 0 Å². The van der Waals surface area contributed by atoms with Crippen LogP contribution in [0.1, 0.15) is 43.7 Å². The molecule has 0 saturated heterocycles. The third-order valence-corrected chi connectivity index (χ3v) is 4.37. The summed E-state index contributed by atoms with van der Waals surface area (Å²) in [5, 5.41) is 23.1. The molecule has 0 bridgehead atoms. The summed E-state index contributed by atoms with van der Waals surface area (Å²) in [6.45, 7) is 1.26. The Balaban J connectivity index is 2.21. The first kappa shape index (κ1) is 26.2. The highest BCUT2D eigenvalue weighted by Gasteiger charge is 2.32. The van der Waals surface area contributed by atoms with E-state index in [4.69, 9.17) is 20.5 Å². The van der Waals surface area contributed by atoms with Crippen molar-refractivity contribution in [1.82, 2.24) is 25.5 Å². The first-order chi connectivity index (χ1) is 15.5. The molecule has 0 saturated carbocycles. The molecule has 0 aliphatic carbocycles. The van der Waals surface area contributed by atoms with E-state index in [1.165, 1.54) is 18.5 Å². The molecule has 13 heteroatoms. The standard InChI is InChI=1S/C20H26F3N7O3/c1-19(2,25)18(31)26-16(12-32-10-14-6-4-3-5-7-14)17-27-28-29-30(17)15(8-9-24)11-33-13-20(21,22)23/h3-7,15-16H,8,10-13,25H2,1-2H3,(H,26,31)/t15?,16-/m1/s1. The number of nitrogens with one attached hydrogen (secondary N) is 1. The van der Waals surface area contributed by atoms with E-state index >= 15 is 0 Å². The van der Waals surface area contributed by atoms with Gasteiger partial charge in [0.15, 0.2) is 5.82 Å². The summed E-state index contributed by atoms with van der Waals surface area (Å²) < 4.78 is 49.0. The van der Waals surface area contributed by atoms with E-state index in [1.54, 1.807) is 0 Å². The lowest BCUT2D eigenvalue weighted by Crippen LogP contribution is -2.51. The minimum Gasteiger partial charge on any atom is -0.374 e. The molecule has 0 fully saturated rings. The number of halogens is 3. The van der Waals surface area contributed by atoms with Crippen LogP contribution in [-0.2, 0) is 20.9 Å². The third kappa shape index (κ3) is 8.76. The number of carbonyl (C=O) groups excluding carboxylic acids is 1. The van der Waals surface area contributed by atoms with Gasteiger partial charge in [0.05, 0.1) is 43.9 Å². The van der Waals surface area contributed by atoms with Crippen LogP contribution in [0.4, 0.5) is 13.2 Å². The van der Waals surface area contributed by atoms with Gasteiger partial charge in [0.1, 0.15) is 12.6 Å². The molecular formula is C20H26F3N7O3. The van der Waals surface area contributed by atoms with Gasteiger partial charge in [0.2, 0.25) is 5.91 Å². The monoisotopic (exact) mass is 469 g/mol. The highest BCUT2D eigenvalue weighted by Crippen LogP contribution is 2.21. The lowest BCUT2D eigenvalue weighted by Gasteiger charge is -2.25. The number of aromatic nitrogens is 4. The molecule has 1 heterocycles. The van der Waals surface area contributed by atoms with E-state index in [1.807, 2.05) is 36.4 Å². The summed E-state index contributed by atoms with van der Waals surface area (Å²) in [5.74, 6) is -0.424. The van der Waals surface area contributed by atoms with Gasteiger partial charge in [-0.2, -0.15) is 18.4 Å². The Morgan fingerprint density at radius 3 is 2.55 bits per heavy atom. The number of hydrogen-bond donors (Lipinski definition) is 2. The van der Waals surface area contributed by atoms with Crippen molar-refractivity contribution in [2.24, 2.45) is 5.73 Å². The van der Waals surface area contributed by atoms with E-state index in [0.29, 0.717) is 0 Å². The Hall–Kier alpha value is -3.08. The fourth-order valence-corrected chi connectivity index (χ4v) is 2.72. The van der Waals surface area contributed by atoms with Crippen LogP contribution in [0, 0.1) is 11.3 Å². The predicted molar refractivity (Wildman–Crippen MR) is 109 cm³/mol. The molecule has 2 aromatic rings. The quantitative estimate of drug-likeness (QED) is 0.480. The maximum Gasteiger partial charge on any atom is 0.411 e. The Morgan fingerprint density at radius 2 is 1.94 bits per heavy atom. The zero-order valence-corrected chi connectivity index (χ0v) is 18.2. The Morgan fingerprint density at radius 1 is 1.24 bits per heavy atom. The topological polar surface area (TPSA) is 141 Å². The van der Waals surface area contributed by atoms with Gasteiger partial charge in [-0.05, 0) is 29.8 Å². The molecule has 33 heavy (non-hydrogen) atoms. The van der Waals surface area contributed by atoms with Crippen molar-refractivity contribution in [2.75, 3.05) is 19.8 Å². The van der Waals surface area contributed by atoms with Gasteiger partial charge in [0.25, 0.3) is 0 Å². The molecule has 0 aliphatic heterocycles. The summed E-state index contributed by atoms with van der Waals surface area (Å²) in [5.41, 5.74) is 5.54. The molecule has 180 valence electrons. The number of benzene rings is 1. The highest BCUT2D eigenvalue weighted by atomic mass is 19.4. The van der Waals surface area contributed by atoms with Crippen LogP contribution in [0.25, 0.3) is 0 Å². The summed E-state index contributed by atoms with van der Waals surface area (Å²) >= 11 is 0. The van der Waals surface area contributed by atoms with Crippen LogP contribution in [0.5, 0.6) is 0 Å². The number of nitrogens with zero attached hydrogens (tertiary/aromatic N) is 5. The van der Waals surface area contributed by atoms with Crippen molar-refractivity contribution >= 4 is 5.91 Å². The van der Waals surface area contributed by atoms with E-state index < -0.39 is 42.9 Å². The average Bonchev–Trinajstić information content (AvgIpc) is 3.21. The second-order valence-corrected chi connectivity index (χ2v) is 7.88. The summed E-state index contributed by atoms with van der Waals surface area (Å²) in [4.78, 5) is 12.5. The number of amides is 1. The molecule has 0 aliphatic rings. The first-order valence-electron chi connectivity index (χ1n) is 10.0. The van der Waals surface area contributed by atoms with E-state index in [2.05, 4.69) is 20.8 Å². The summed E-state index contributed by atoms with van der Waals surface area (Å²) in [7, 11) is 0. The minimum atomic E-state index is -4.52. The van der Waals surface area contributed by atoms with E-state index in [-0.39, 0.29) is 25.5 Å². The largest absolute Gasteiger partial charge is 0.411 e. The molecule has 0 spiro atoms. The number of carbonyl (C=O) groups is 1. The number of rotatable bonds is 12. The molecule has 1 unspecified atom stereocenters. The molecule has 1 amide bonds. The first-order valence-corrected chi connectivity index (χ1v) is 10.0. The van der Waals surface area contributed by atoms with Crippen LogP contribution in [0.3, 0.4) is 0 Å². The van der Waals surface area contributed by atoms with Crippen molar-refractivity contribution in [1.29, 1.82) is 5.26 Å². The molecule has 1 aromatic carbocycles. The Labute approximate surface area is 188 Å². The number of ether oxygens (including phenoxy) is 2. The minimum absolute atomic E-state index is 0.0558. The van der Waals surface area contributed by atoms with Gasteiger partial charge in [-0.25, -0.2) is 4.68 Å². The van der Waals surface area contributed by atoms with Crippen molar-refractivity contribution in [3.8, 4) is 6.07 Å². The van der Waals surface area contributed by atoms with Crippen LogP contribution < -0.4 is 11.1 Å². The maximum absolute atomic E-state index is 12.5. The number of nitriles is 1. The fraction of sp³-hybridized carbons (Fsp3) is 0.550. The van der Waals surface area contributed by atoms with Crippen molar-refractivity contribution in [3.63, 3.8) is 0 Å². The SMILES string of the molecule is CC(C)(N)C(=O)N[C@H](COCc1ccccc1)c1nnnn1C(CC#N)COCC(F)(F)F. The number of alkyl halides is 3. The Kier molecular flexibility index (Phi) is 9.27. The van der Waals surface area contributed by atoms with Crippen LogP contribution in [0.2, 0.25) is 0 Å². The predicted octanol–water partition coefficient (Wildman–Crippen LogP) is 1.82. The smallest absolute Gasteiger partial charge is 0.374 e. The molecule has 2 rings (SSSR count). The van der Waals surface area contributed by atoms with Gasteiger partial charge in [-0.1, -0.05) is 30.3 Å². The normalized spacial score (nSPS) is 13.8. The zero-order chi connectivity index (χ0) is 24.5. The second-order valence-electron chi connectivity index (χ2n) is 7.88. The van der Waals surface area contributed by atoms with Gasteiger partial charge in [0, 0.05) is 0 Å². The molecule has 10 nitrogen and oxygen atoms in total. The van der Waals surface area contributed by atoms with Crippen molar-refractivity contribution < 1.29 is 27.4 Å². The zero-order valence-electron chi connectivity index (χ0n) is 18.2. The third-order valence-electron chi connectivity index (χ3n) is 4.37. The van der Waals surface area contributed by atoms with Crippen LogP contribution in [0.15, 0.2) is 30.3 Å². The summed E-state index contributed by atoms with van der Waals surface area (Å²) in [6, 6.07) is 9.37. The molecular weight excluding hydrogens is 443 g/mol. The molecule has 1 aromatic heterocycles. The molecule has 0 radical (unpaired) electrons. The highest BCUT2D eigenvalue weighted by molar-refractivity contribution is 5.85. The van der Waals surface area contributed by atoms with E-state index in [0.717, 1.165) is 5.56 Å². The van der Waals surface area contributed by atoms with E-state index in [9.17, 15) is 18.0 Å². The molecule has 3 N–H and O–H groups in total. The summed E-state index contributed by atoms with van der Waals surface area (Å²) in [6.07, 6.45) is -4.74. The van der Waals surface area contributed by atoms with Crippen LogP contribution in [-0.4, -0.2) is 57.7 Å². The van der Waals surface area contributed by atoms with Gasteiger partial charge >= 0.3 is 6.18 Å². The van der Waals surface area contributed by atoms with Gasteiger partial charge < -0.3 is 20.5 Å². The lowest BCUT2D eigenvalue weighted by atomic mass is 10.1. The fourth-order valence-electron chi connectivity index (χ4n) is 2.72. The lowest BCUT2D eigenvalue weighted by molar-refractivity contribution is -0.176. The van der Waals surface area contributed by atoms with Crippen molar-refractivity contribution in [2.45, 2.75) is 50.7 Å². The number of nitrogens with two attached hydrogens (primary N) is 1. The average molecular weight is 469 g/mol. The molecule has 2 atom stereocenters. The van der Waals surface area contributed by atoms with Crippen molar-refractivity contribution in [3.05, 3.63) is 41.7 Å². The second kappa shape index (κ2) is 11.7. The van der Waals surface area contributed by atoms with Gasteiger partial charge in [-0.15, -0.1) is 5.10 Å². The number of tetrazole rings is 1. The Bertz CT molecular complexity index is 923. The van der Waals surface area contributed by atoms with Gasteiger partial charge in [-0.3, -0.25) is 4.79 Å². The number of hydrogen-bond acceptors (Lipinski definition) is 8. The maximum atomic E-state index is 12.5.